The van der Waals surface area contributed by atoms with Crippen LogP contribution in [0.25, 0.3) is 0 Å². The second-order valence-corrected chi connectivity index (χ2v) is 5.91. The molecule has 1 aliphatic heterocycles. The first-order valence-electron chi connectivity index (χ1n) is 7.74. The zero-order valence-corrected chi connectivity index (χ0v) is 12.8. The van der Waals surface area contributed by atoms with Gasteiger partial charge >= 0.3 is 0 Å². The summed E-state index contributed by atoms with van der Waals surface area (Å²) in [6, 6.07) is 4.70. The van der Waals surface area contributed by atoms with E-state index in [1.54, 1.807) is 6.07 Å². The molecule has 0 radical (unpaired) electrons. The molecule has 0 spiro atoms. The van der Waals surface area contributed by atoms with Gasteiger partial charge in [-0.2, -0.15) is 0 Å². The third kappa shape index (κ3) is 2.61. The summed E-state index contributed by atoms with van der Waals surface area (Å²) in [5.41, 5.74) is 1.48. The highest BCUT2D eigenvalue weighted by atomic mass is 19.1. The van der Waals surface area contributed by atoms with Crippen molar-refractivity contribution in [2.45, 2.75) is 58.1 Å². The van der Waals surface area contributed by atoms with Crippen LogP contribution in [0, 0.1) is 12.7 Å². The third-order valence-electron chi connectivity index (χ3n) is 5.00. The summed E-state index contributed by atoms with van der Waals surface area (Å²) < 4.78 is 13.3. The Kier molecular flexibility index (Phi) is 4.82. The molecule has 1 unspecified atom stereocenters. The first-order valence-corrected chi connectivity index (χ1v) is 7.74. The van der Waals surface area contributed by atoms with Crippen LogP contribution in [-0.4, -0.2) is 28.6 Å². The van der Waals surface area contributed by atoms with Crippen LogP contribution in [0.1, 0.15) is 56.8 Å². The van der Waals surface area contributed by atoms with E-state index in [1.165, 1.54) is 25.0 Å². The standard InChI is InChI=1S/C17H26FNO/c1-4-17(5-2,19-10-6-7-11-19)16(20)15-9-8-14(18)12-13(15)3/h8-9,12,16,20H,4-7,10-11H2,1-3H3. The number of rotatable bonds is 5. The smallest absolute Gasteiger partial charge is 0.123 e. The summed E-state index contributed by atoms with van der Waals surface area (Å²) >= 11 is 0. The average Bonchev–Trinajstić information content (AvgIpc) is 2.95. The van der Waals surface area contributed by atoms with Crippen LogP contribution in [-0.2, 0) is 0 Å². The van der Waals surface area contributed by atoms with E-state index in [9.17, 15) is 9.50 Å². The maximum Gasteiger partial charge on any atom is 0.123 e. The van der Waals surface area contributed by atoms with Crippen molar-refractivity contribution in [3.05, 3.63) is 35.1 Å². The largest absolute Gasteiger partial charge is 0.386 e. The van der Waals surface area contributed by atoms with Gasteiger partial charge in [0, 0.05) is 0 Å². The summed E-state index contributed by atoms with van der Waals surface area (Å²) in [5, 5.41) is 11.0. The van der Waals surface area contributed by atoms with Gasteiger partial charge in [-0.25, -0.2) is 4.39 Å². The van der Waals surface area contributed by atoms with E-state index in [1.807, 2.05) is 6.92 Å². The van der Waals surface area contributed by atoms with Gasteiger partial charge in [0.1, 0.15) is 5.82 Å². The van der Waals surface area contributed by atoms with Gasteiger partial charge in [0.25, 0.3) is 0 Å². The number of aliphatic hydroxyl groups excluding tert-OH is 1. The van der Waals surface area contributed by atoms with Crippen LogP contribution in [0.4, 0.5) is 4.39 Å². The fraction of sp³-hybridized carbons (Fsp3) is 0.647. The number of hydrogen-bond donors (Lipinski definition) is 1. The van der Waals surface area contributed by atoms with E-state index in [2.05, 4.69) is 18.7 Å². The van der Waals surface area contributed by atoms with Crippen LogP contribution in [0.5, 0.6) is 0 Å². The molecule has 2 rings (SSSR count). The second-order valence-electron chi connectivity index (χ2n) is 5.91. The maximum absolute atomic E-state index is 13.3. The van der Waals surface area contributed by atoms with Gasteiger partial charge in [-0.3, -0.25) is 4.90 Å². The number of likely N-dealkylation sites (tertiary alicyclic amines) is 1. The zero-order chi connectivity index (χ0) is 14.8. The molecule has 0 saturated carbocycles. The zero-order valence-electron chi connectivity index (χ0n) is 12.8. The number of aryl methyl sites for hydroxylation is 1. The van der Waals surface area contributed by atoms with Crippen molar-refractivity contribution in [2.75, 3.05) is 13.1 Å². The highest BCUT2D eigenvalue weighted by molar-refractivity contribution is 5.31. The van der Waals surface area contributed by atoms with Gasteiger partial charge in [0.2, 0.25) is 0 Å². The molecular formula is C17H26FNO. The van der Waals surface area contributed by atoms with Gasteiger partial charge in [-0.05, 0) is 69.0 Å². The summed E-state index contributed by atoms with van der Waals surface area (Å²) in [5.74, 6) is -0.238. The normalized spacial score (nSPS) is 18.4. The predicted octanol–water partition coefficient (Wildman–Crippen LogP) is 3.82. The van der Waals surface area contributed by atoms with Crippen molar-refractivity contribution in [3.8, 4) is 0 Å². The van der Waals surface area contributed by atoms with Crippen LogP contribution in [0.3, 0.4) is 0 Å². The van der Waals surface area contributed by atoms with E-state index in [0.717, 1.165) is 37.1 Å². The van der Waals surface area contributed by atoms with Gasteiger partial charge in [-0.15, -0.1) is 0 Å². The average molecular weight is 279 g/mol. The van der Waals surface area contributed by atoms with Crippen LogP contribution in [0.15, 0.2) is 18.2 Å². The Morgan fingerprint density at radius 1 is 1.25 bits per heavy atom. The Morgan fingerprint density at radius 2 is 1.85 bits per heavy atom. The Balaban J connectivity index is 2.37. The minimum absolute atomic E-state index is 0.223. The molecule has 1 fully saturated rings. The molecule has 0 bridgehead atoms. The predicted molar refractivity (Wildman–Crippen MR) is 80.2 cm³/mol. The highest BCUT2D eigenvalue weighted by Crippen LogP contribution is 2.40. The summed E-state index contributed by atoms with van der Waals surface area (Å²) in [6.07, 6.45) is 3.66. The molecule has 1 aliphatic rings. The molecule has 2 nitrogen and oxygen atoms in total. The second kappa shape index (κ2) is 6.23. The Morgan fingerprint density at radius 3 is 2.35 bits per heavy atom. The molecule has 1 aromatic rings. The lowest BCUT2D eigenvalue weighted by Gasteiger charge is -2.45. The van der Waals surface area contributed by atoms with Gasteiger partial charge < -0.3 is 5.11 Å². The Labute approximate surface area is 121 Å². The quantitative estimate of drug-likeness (QED) is 0.885. The fourth-order valence-electron chi connectivity index (χ4n) is 3.65. The molecular weight excluding hydrogens is 253 g/mol. The van der Waals surface area contributed by atoms with Crippen molar-refractivity contribution in [1.29, 1.82) is 0 Å². The minimum atomic E-state index is -0.559. The topological polar surface area (TPSA) is 23.5 Å². The van der Waals surface area contributed by atoms with Crippen LogP contribution in [0.2, 0.25) is 0 Å². The SMILES string of the molecule is CCC(CC)(C(O)c1ccc(F)cc1C)N1CCCC1. The minimum Gasteiger partial charge on any atom is -0.386 e. The van der Waals surface area contributed by atoms with Crippen molar-refractivity contribution in [3.63, 3.8) is 0 Å². The first-order chi connectivity index (χ1) is 9.55. The molecule has 1 N–H and O–H groups in total. The number of hydrogen-bond acceptors (Lipinski definition) is 2. The lowest BCUT2D eigenvalue weighted by atomic mass is 9.80. The number of nitrogens with zero attached hydrogens (tertiary/aromatic N) is 1. The molecule has 1 heterocycles. The van der Waals surface area contributed by atoms with Gasteiger partial charge in [0.15, 0.2) is 0 Å². The first kappa shape index (κ1) is 15.5. The number of halogens is 1. The van der Waals surface area contributed by atoms with Crippen molar-refractivity contribution in [1.82, 2.24) is 4.90 Å². The molecule has 112 valence electrons. The highest BCUT2D eigenvalue weighted by Gasteiger charge is 2.42. The van der Waals surface area contributed by atoms with Crippen molar-refractivity contribution in [2.24, 2.45) is 0 Å². The summed E-state index contributed by atoms with van der Waals surface area (Å²) in [6.45, 7) is 8.27. The number of aliphatic hydroxyl groups is 1. The van der Waals surface area contributed by atoms with Crippen LogP contribution >= 0.6 is 0 Å². The molecule has 0 aliphatic carbocycles. The molecule has 0 amide bonds. The molecule has 20 heavy (non-hydrogen) atoms. The summed E-state index contributed by atoms with van der Waals surface area (Å²) in [7, 11) is 0. The third-order valence-corrected chi connectivity index (χ3v) is 5.00. The molecule has 1 saturated heterocycles. The monoisotopic (exact) mass is 279 g/mol. The summed E-state index contributed by atoms with van der Waals surface area (Å²) in [4.78, 5) is 2.43. The molecule has 0 aromatic heterocycles. The Hall–Kier alpha value is -0.930. The molecule has 3 heteroatoms. The maximum atomic E-state index is 13.3. The van der Waals surface area contributed by atoms with E-state index in [4.69, 9.17) is 0 Å². The van der Waals surface area contributed by atoms with Crippen molar-refractivity contribution >= 4 is 0 Å². The van der Waals surface area contributed by atoms with Gasteiger partial charge in [0.05, 0.1) is 11.6 Å². The lowest BCUT2D eigenvalue weighted by molar-refractivity contribution is -0.0298. The van der Waals surface area contributed by atoms with E-state index in [-0.39, 0.29) is 11.4 Å². The lowest BCUT2D eigenvalue weighted by Crippen LogP contribution is -2.51. The van der Waals surface area contributed by atoms with Crippen LogP contribution < -0.4 is 0 Å². The molecule has 1 aromatic carbocycles. The fourth-order valence-corrected chi connectivity index (χ4v) is 3.65. The van der Waals surface area contributed by atoms with E-state index in [0.29, 0.717) is 0 Å². The molecule has 1 atom stereocenters. The van der Waals surface area contributed by atoms with Gasteiger partial charge in [-0.1, -0.05) is 19.9 Å². The van der Waals surface area contributed by atoms with E-state index < -0.39 is 6.10 Å². The number of benzene rings is 1. The van der Waals surface area contributed by atoms with Crippen molar-refractivity contribution < 1.29 is 9.50 Å². The Bertz CT molecular complexity index is 450. The van der Waals surface area contributed by atoms with E-state index >= 15 is 0 Å².